The Kier molecular flexibility index (Phi) is 7.94. The molecule has 4 rings (SSSR count). The number of esters is 2. The van der Waals surface area contributed by atoms with Gasteiger partial charge in [-0.25, -0.2) is 16.8 Å². The Bertz CT molecular complexity index is 1550. The predicted molar refractivity (Wildman–Crippen MR) is 141 cm³/mol. The minimum absolute atomic E-state index is 0.0388. The van der Waals surface area contributed by atoms with E-state index in [2.05, 4.69) is 0 Å². The average molecular weight is 573 g/mol. The number of hydrogen-bond donors (Lipinski definition) is 0. The lowest BCUT2D eigenvalue weighted by molar-refractivity contribution is -0.170. The molecular weight excluding hydrogens is 544 g/mol. The number of ketones is 1. The van der Waals surface area contributed by atoms with Gasteiger partial charge in [-0.1, -0.05) is 36.4 Å². The second-order valence-corrected chi connectivity index (χ2v) is 13.5. The van der Waals surface area contributed by atoms with Crippen molar-refractivity contribution >= 4 is 37.4 Å². The van der Waals surface area contributed by atoms with Crippen LogP contribution in [0.25, 0.3) is 0 Å². The molecule has 0 saturated carbocycles. The molecule has 0 fully saturated rings. The van der Waals surface area contributed by atoms with Gasteiger partial charge < -0.3 is 9.47 Å². The fourth-order valence-corrected chi connectivity index (χ4v) is 8.81. The van der Waals surface area contributed by atoms with Crippen molar-refractivity contribution in [3.05, 3.63) is 82.8 Å². The Morgan fingerprint density at radius 2 is 1.36 bits per heavy atom. The summed E-state index contributed by atoms with van der Waals surface area (Å²) in [6.45, 7) is 0. The van der Waals surface area contributed by atoms with Crippen LogP contribution in [0.15, 0.2) is 92.6 Å². The Morgan fingerprint density at radius 3 is 1.90 bits per heavy atom. The first-order valence-electron chi connectivity index (χ1n) is 12.2. The quantitative estimate of drug-likeness (QED) is 0.377. The number of allylic oxidation sites excluding steroid dienone is 3. The van der Waals surface area contributed by atoms with Crippen LogP contribution in [0.4, 0.5) is 0 Å². The van der Waals surface area contributed by atoms with Crippen molar-refractivity contribution in [3.8, 4) is 0 Å². The number of rotatable bonds is 6. The highest BCUT2D eigenvalue weighted by Crippen LogP contribution is 2.46. The lowest BCUT2D eigenvalue weighted by Crippen LogP contribution is -2.42. The number of carbonyl (C=O) groups excluding carboxylic acids is 3. The Labute approximate surface area is 227 Å². The van der Waals surface area contributed by atoms with Gasteiger partial charge in [-0.3, -0.25) is 14.4 Å². The summed E-state index contributed by atoms with van der Waals surface area (Å²) in [5.74, 6) is -2.34. The molecule has 9 nitrogen and oxygen atoms in total. The first kappa shape index (κ1) is 28.4. The van der Waals surface area contributed by atoms with E-state index in [-0.39, 0.29) is 57.9 Å². The maximum absolute atomic E-state index is 14.0. The second-order valence-electron chi connectivity index (χ2n) is 9.41. The maximum atomic E-state index is 14.0. The van der Waals surface area contributed by atoms with Crippen molar-refractivity contribution in [3.63, 3.8) is 0 Å². The molecule has 0 bridgehead atoms. The maximum Gasteiger partial charge on any atom is 0.323 e. The summed E-state index contributed by atoms with van der Waals surface area (Å²) in [5.41, 5.74) is -1.82. The standard InChI is InChI=1S/C28H28O9S2/c1-36-26(30)28(27(31)37-2)15-13-24(38(32,33)20-9-5-3-6-10-20)22-17-19(29)18-23(22)25(14-16-28)39(34,35)21-11-7-4-8-12-21/h3-12,17,24H,13-16,18H2,1-2H3/b25-23+. The van der Waals surface area contributed by atoms with Gasteiger partial charge in [0.15, 0.2) is 21.0 Å². The fourth-order valence-electron chi connectivity index (χ4n) is 5.29. The fraction of sp³-hybridized carbons (Fsp3) is 0.321. The van der Waals surface area contributed by atoms with Crippen LogP contribution in [0.5, 0.6) is 0 Å². The highest BCUT2D eigenvalue weighted by Gasteiger charge is 2.51. The summed E-state index contributed by atoms with van der Waals surface area (Å²) in [6.07, 6.45) is -0.356. The SMILES string of the molecule is COC(=O)C1(C(=O)OC)CC/C(S(=O)(=O)c2ccccc2)=C2/CC(=O)C=C2C(S(=O)(=O)c2ccccc2)CC1. The third-order valence-corrected chi connectivity index (χ3v) is 11.4. The zero-order valence-electron chi connectivity index (χ0n) is 21.5. The van der Waals surface area contributed by atoms with Crippen molar-refractivity contribution in [2.45, 2.75) is 47.1 Å². The van der Waals surface area contributed by atoms with Gasteiger partial charge in [0, 0.05) is 6.42 Å². The van der Waals surface area contributed by atoms with Gasteiger partial charge in [0.1, 0.15) is 0 Å². The summed E-state index contributed by atoms with van der Waals surface area (Å²) in [6, 6.07) is 15.1. The van der Waals surface area contributed by atoms with E-state index in [0.29, 0.717) is 0 Å². The van der Waals surface area contributed by atoms with Crippen LogP contribution in [0.3, 0.4) is 0 Å². The summed E-state index contributed by atoms with van der Waals surface area (Å²) in [7, 11) is -6.27. The predicted octanol–water partition coefficient (Wildman–Crippen LogP) is 3.36. The van der Waals surface area contributed by atoms with Crippen LogP contribution in [0, 0.1) is 5.41 Å². The highest BCUT2D eigenvalue weighted by atomic mass is 32.2. The molecule has 0 N–H and O–H groups in total. The van der Waals surface area contributed by atoms with Gasteiger partial charge >= 0.3 is 11.9 Å². The Hall–Kier alpha value is -3.57. The smallest absolute Gasteiger partial charge is 0.323 e. The van der Waals surface area contributed by atoms with Gasteiger partial charge in [0.25, 0.3) is 0 Å². The normalized spacial score (nSPS) is 21.5. The molecule has 1 atom stereocenters. The molecule has 2 aliphatic carbocycles. The van der Waals surface area contributed by atoms with E-state index in [1.807, 2.05) is 0 Å². The number of fused-ring (bicyclic) bond motifs is 1. The van der Waals surface area contributed by atoms with Crippen molar-refractivity contribution in [1.82, 2.24) is 0 Å². The molecule has 0 heterocycles. The molecule has 39 heavy (non-hydrogen) atoms. The molecule has 0 amide bonds. The lowest BCUT2D eigenvalue weighted by Gasteiger charge is -2.29. The zero-order chi connectivity index (χ0) is 28.4. The third kappa shape index (κ3) is 5.08. The highest BCUT2D eigenvalue weighted by molar-refractivity contribution is 7.95. The van der Waals surface area contributed by atoms with Gasteiger partial charge in [-0.05, 0) is 67.2 Å². The molecule has 2 aromatic carbocycles. The van der Waals surface area contributed by atoms with E-state index in [4.69, 9.17) is 9.47 Å². The number of carbonyl (C=O) groups is 3. The number of hydrogen-bond acceptors (Lipinski definition) is 9. The number of benzene rings is 2. The first-order valence-corrected chi connectivity index (χ1v) is 15.2. The molecule has 206 valence electrons. The summed E-state index contributed by atoms with van der Waals surface area (Å²) < 4.78 is 65.8. The van der Waals surface area contributed by atoms with E-state index < -0.39 is 48.1 Å². The van der Waals surface area contributed by atoms with Crippen molar-refractivity contribution in [1.29, 1.82) is 0 Å². The van der Waals surface area contributed by atoms with E-state index >= 15 is 0 Å². The van der Waals surface area contributed by atoms with Crippen LogP contribution in [0.2, 0.25) is 0 Å². The van der Waals surface area contributed by atoms with E-state index in [1.54, 1.807) is 36.4 Å². The van der Waals surface area contributed by atoms with Crippen LogP contribution < -0.4 is 0 Å². The Morgan fingerprint density at radius 1 is 0.821 bits per heavy atom. The summed E-state index contributed by atoms with van der Waals surface area (Å²) in [4.78, 5) is 38.6. The average Bonchev–Trinajstić information content (AvgIpc) is 3.34. The number of methoxy groups -OCH3 is 2. The lowest BCUT2D eigenvalue weighted by atomic mass is 9.78. The summed E-state index contributed by atoms with van der Waals surface area (Å²) in [5, 5.41) is -1.41. The topological polar surface area (TPSA) is 138 Å². The molecule has 2 aliphatic rings. The van der Waals surface area contributed by atoms with E-state index in [9.17, 15) is 31.2 Å². The molecule has 2 aromatic rings. The minimum Gasteiger partial charge on any atom is -0.468 e. The number of sulfone groups is 2. The van der Waals surface area contributed by atoms with Crippen LogP contribution in [0.1, 0.15) is 32.1 Å². The monoisotopic (exact) mass is 572 g/mol. The van der Waals surface area contributed by atoms with Crippen LogP contribution >= 0.6 is 0 Å². The third-order valence-electron chi connectivity index (χ3n) is 7.29. The minimum atomic E-state index is -4.26. The summed E-state index contributed by atoms with van der Waals surface area (Å²) >= 11 is 0. The molecule has 0 saturated heterocycles. The van der Waals surface area contributed by atoms with E-state index in [0.717, 1.165) is 14.2 Å². The van der Waals surface area contributed by atoms with E-state index in [1.165, 1.54) is 30.3 Å². The van der Waals surface area contributed by atoms with Gasteiger partial charge in [0.05, 0.1) is 34.2 Å². The van der Waals surface area contributed by atoms with Crippen LogP contribution in [-0.4, -0.2) is 54.0 Å². The molecule has 0 aromatic heterocycles. The number of ether oxygens (including phenoxy) is 2. The van der Waals surface area contributed by atoms with Gasteiger partial charge in [-0.2, -0.15) is 0 Å². The van der Waals surface area contributed by atoms with Crippen molar-refractivity contribution < 1.29 is 40.7 Å². The van der Waals surface area contributed by atoms with Gasteiger partial charge in [0.2, 0.25) is 9.84 Å². The molecular formula is C28H28O9S2. The van der Waals surface area contributed by atoms with Crippen molar-refractivity contribution in [2.75, 3.05) is 14.2 Å². The second kappa shape index (κ2) is 10.9. The molecule has 11 heteroatoms. The largest absolute Gasteiger partial charge is 0.468 e. The van der Waals surface area contributed by atoms with Gasteiger partial charge in [-0.15, -0.1) is 0 Å². The first-order chi connectivity index (χ1) is 18.5. The Balaban J connectivity index is 2.02. The van der Waals surface area contributed by atoms with Crippen LogP contribution in [-0.2, 0) is 43.5 Å². The molecule has 0 radical (unpaired) electrons. The molecule has 1 unspecified atom stereocenters. The molecule has 0 spiro atoms. The van der Waals surface area contributed by atoms with Crippen molar-refractivity contribution in [2.24, 2.45) is 5.41 Å². The molecule has 0 aliphatic heterocycles. The zero-order valence-corrected chi connectivity index (χ0v) is 23.1.